The van der Waals surface area contributed by atoms with Crippen molar-refractivity contribution >= 4 is 5.97 Å². The van der Waals surface area contributed by atoms with Crippen molar-refractivity contribution in [3.63, 3.8) is 0 Å². The van der Waals surface area contributed by atoms with E-state index in [-0.39, 0.29) is 6.42 Å². The van der Waals surface area contributed by atoms with Gasteiger partial charge in [-0.2, -0.15) is 0 Å². The Morgan fingerprint density at radius 3 is 2.57 bits per heavy atom. The van der Waals surface area contributed by atoms with Crippen molar-refractivity contribution in [2.24, 2.45) is 11.3 Å². The Kier molecular flexibility index (Phi) is 4.42. The highest BCUT2D eigenvalue weighted by atomic mass is 16.5. The number of rotatable bonds is 4. The summed E-state index contributed by atoms with van der Waals surface area (Å²) in [6.45, 7) is 6.40. The van der Waals surface area contributed by atoms with Gasteiger partial charge in [0.05, 0.1) is 24.7 Å². The largest absolute Gasteiger partial charge is 0.489 e. The van der Waals surface area contributed by atoms with Crippen LogP contribution < -0.4 is 9.47 Å². The van der Waals surface area contributed by atoms with Gasteiger partial charge in [0, 0.05) is 5.92 Å². The highest BCUT2D eigenvalue weighted by molar-refractivity contribution is 5.73. The monoisotopic (exact) mass is 294 g/mol. The average molecular weight is 294 g/mol. The summed E-state index contributed by atoms with van der Waals surface area (Å²) in [5.74, 6) is 0.637. The molecule has 0 fully saturated rings. The molecule has 0 aromatic heterocycles. The van der Waals surface area contributed by atoms with Gasteiger partial charge in [-0.25, -0.2) is 0 Å². The number of carboxylic acids is 1. The van der Waals surface area contributed by atoms with Gasteiger partial charge in [0.25, 0.3) is 0 Å². The van der Waals surface area contributed by atoms with Gasteiger partial charge in [-0.1, -0.05) is 13.0 Å². The summed E-state index contributed by atoms with van der Waals surface area (Å²) in [5.41, 5.74) is -0.348. The third-order valence-corrected chi connectivity index (χ3v) is 3.68. The Morgan fingerprint density at radius 1 is 1.33 bits per heavy atom. The topological polar surface area (TPSA) is 76.0 Å². The number of benzene rings is 1. The Hall–Kier alpha value is -1.75. The van der Waals surface area contributed by atoms with Crippen molar-refractivity contribution in [3.05, 3.63) is 23.8 Å². The molecule has 21 heavy (non-hydrogen) atoms. The molecule has 0 spiro atoms. The van der Waals surface area contributed by atoms with Gasteiger partial charge in [0.1, 0.15) is 0 Å². The molecule has 1 aromatic carbocycles. The average Bonchev–Trinajstić information content (AvgIpc) is 2.60. The van der Waals surface area contributed by atoms with E-state index in [1.165, 1.54) is 0 Å². The first-order valence-electron chi connectivity index (χ1n) is 7.10. The molecule has 2 atom stereocenters. The third-order valence-electron chi connectivity index (χ3n) is 3.68. The normalized spacial score (nSPS) is 19.7. The molecule has 1 heterocycles. The number of carboxylic acid groups (broad SMARTS) is 1. The number of aliphatic carboxylic acids is 1. The number of hydrogen-bond acceptors (Lipinski definition) is 4. The molecular weight excluding hydrogens is 272 g/mol. The van der Waals surface area contributed by atoms with Gasteiger partial charge >= 0.3 is 5.97 Å². The van der Waals surface area contributed by atoms with Crippen LogP contribution >= 0.6 is 0 Å². The first-order valence-corrected chi connectivity index (χ1v) is 7.10. The van der Waals surface area contributed by atoms with E-state index in [0.29, 0.717) is 36.2 Å². The van der Waals surface area contributed by atoms with Crippen LogP contribution in [-0.4, -0.2) is 29.4 Å². The van der Waals surface area contributed by atoms with E-state index in [1.807, 2.05) is 6.92 Å². The standard InChI is InChI=1S/C16H22O5/c1-10-8-20-13-5-4-11(6-14(13)21-9-10)12(17)7-16(2,3)15(18)19/h4-6,10,12,17H,7-9H2,1-3H3,(H,18,19). The number of aliphatic hydroxyl groups excluding tert-OH is 1. The van der Waals surface area contributed by atoms with E-state index >= 15 is 0 Å². The van der Waals surface area contributed by atoms with Crippen LogP contribution in [0.5, 0.6) is 11.5 Å². The van der Waals surface area contributed by atoms with Crippen molar-refractivity contribution in [2.45, 2.75) is 33.3 Å². The van der Waals surface area contributed by atoms with Crippen LogP contribution in [0.25, 0.3) is 0 Å². The van der Waals surface area contributed by atoms with Crippen molar-refractivity contribution < 1.29 is 24.5 Å². The quantitative estimate of drug-likeness (QED) is 0.892. The lowest BCUT2D eigenvalue weighted by atomic mass is 9.85. The first kappa shape index (κ1) is 15.6. The highest BCUT2D eigenvalue weighted by Gasteiger charge is 2.31. The molecule has 2 N–H and O–H groups in total. The van der Waals surface area contributed by atoms with Crippen LogP contribution in [0, 0.1) is 11.3 Å². The summed E-state index contributed by atoms with van der Waals surface area (Å²) >= 11 is 0. The van der Waals surface area contributed by atoms with Crippen LogP contribution in [0.2, 0.25) is 0 Å². The van der Waals surface area contributed by atoms with E-state index in [4.69, 9.17) is 14.6 Å². The highest BCUT2D eigenvalue weighted by Crippen LogP contribution is 2.36. The first-order chi connectivity index (χ1) is 9.79. The van der Waals surface area contributed by atoms with Crippen LogP contribution in [0.1, 0.15) is 38.9 Å². The Bertz CT molecular complexity index is 523. The van der Waals surface area contributed by atoms with E-state index in [0.717, 1.165) is 0 Å². The summed E-state index contributed by atoms with van der Waals surface area (Å²) in [6.07, 6.45) is -0.719. The fourth-order valence-corrected chi connectivity index (χ4v) is 2.16. The lowest BCUT2D eigenvalue weighted by Crippen LogP contribution is -2.26. The molecule has 1 aliphatic rings. The van der Waals surface area contributed by atoms with Gasteiger partial charge in [0.15, 0.2) is 11.5 Å². The molecule has 0 radical (unpaired) electrons. The maximum Gasteiger partial charge on any atom is 0.309 e. The maximum atomic E-state index is 11.1. The number of hydrogen-bond donors (Lipinski definition) is 2. The second-order valence-electron chi connectivity index (χ2n) is 6.34. The summed E-state index contributed by atoms with van der Waals surface area (Å²) in [6, 6.07) is 5.25. The molecule has 0 saturated carbocycles. The molecule has 0 aliphatic carbocycles. The molecule has 1 aliphatic heterocycles. The fourth-order valence-electron chi connectivity index (χ4n) is 2.16. The zero-order valence-electron chi connectivity index (χ0n) is 12.6. The van der Waals surface area contributed by atoms with Crippen molar-refractivity contribution in [1.29, 1.82) is 0 Å². The SMILES string of the molecule is CC1COc2ccc(C(O)CC(C)(C)C(=O)O)cc2OC1. The van der Waals surface area contributed by atoms with E-state index in [1.54, 1.807) is 32.0 Å². The van der Waals surface area contributed by atoms with Gasteiger partial charge in [-0.3, -0.25) is 4.79 Å². The summed E-state index contributed by atoms with van der Waals surface area (Å²) in [7, 11) is 0. The molecule has 5 nitrogen and oxygen atoms in total. The zero-order chi connectivity index (χ0) is 15.6. The lowest BCUT2D eigenvalue weighted by Gasteiger charge is -2.23. The van der Waals surface area contributed by atoms with Crippen LogP contribution in [0.3, 0.4) is 0 Å². The molecular formula is C16H22O5. The number of aliphatic hydroxyl groups is 1. The Labute approximate surface area is 124 Å². The molecule has 0 saturated heterocycles. The van der Waals surface area contributed by atoms with Crippen LogP contribution in [-0.2, 0) is 4.79 Å². The fraction of sp³-hybridized carbons (Fsp3) is 0.562. The lowest BCUT2D eigenvalue weighted by molar-refractivity contribution is -0.148. The van der Waals surface area contributed by atoms with Crippen molar-refractivity contribution in [3.8, 4) is 11.5 Å². The van der Waals surface area contributed by atoms with Crippen LogP contribution in [0.15, 0.2) is 18.2 Å². The second-order valence-corrected chi connectivity index (χ2v) is 6.34. The minimum absolute atomic E-state index is 0.137. The molecule has 2 unspecified atom stereocenters. The molecule has 1 aromatic rings. The number of fused-ring (bicyclic) bond motifs is 1. The van der Waals surface area contributed by atoms with Crippen LogP contribution in [0.4, 0.5) is 0 Å². The maximum absolute atomic E-state index is 11.1. The summed E-state index contributed by atoms with van der Waals surface area (Å²) < 4.78 is 11.3. The van der Waals surface area contributed by atoms with E-state index < -0.39 is 17.5 Å². The summed E-state index contributed by atoms with van der Waals surface area (Å²) in [4.78, 5) is 11.1. The van der Waals surface area contributed by atoms with Gasteiger partial charge in [0.2, 0.25) is 0 Å². The van der Waals surface area contributed by atoms with E-state index in [9.17, 15) is 9.90 Å². The van der Waals surface area contributed by atoms with Gasteiger partial charge in [-0.05, 0) is 38.0 Å². The van der Waals surface area contributed by atoms with Crippen molar-refractivity contribution in [2.75, 3.05) is 13.2 Å². The zero-order valence-corrected chi connectivity index (χ0v) is 12.6. The van der Waals surface area contributed by atoms with Gasteiger partial charge < -0.3 is 19.7 Å². The predicted molar refractivity (Wildman–Crippen MR) is 77.6 cm³/mol. The smallest absolute Gasteiger partial charge is 0.309 e. The molecule has 5 heteroatoms. The molecule has 0 bridgehead atoms. The molecule has 0 amide bonds. The minimum Gasteiger partial charge on any atom is -0.489 e. The Balaban J connectivity index is 2.16. The van der Waals surface area contributed by atoms with E-state index in [2.05, 4.69) is 0 Å². The Morgan fingerprint density at radius 2 is 1.95 bits per heavy atom. The molecule has 116 valence electrons. The minimum atomic E-state index is -0.988. The number of ether oxygens (including phenoxy) is 2. The second kappa shape index (κ2) is 5.93. The third kappa shape index (κ3) is 3.67. The van der Waals surface area contributed by atoms with Gasteiger partial charge in [-0.15, -0.1) is 0 Å². The predicted octanol–water partition coefficient (Wildman–Crippen LogP) is 2.63. The number of carbonyl (C=O) groups is 1. The van der Waals surface area contributed by atoms with Crippen molar-refractivity contribution in [1.82, 2.24) is 0 Å². The molecule has 2 rings (SSSR count). The summed E-state index contributed by atoms with van der Waals surface area (Å²) in [5, 5.41) is 19.4.